The van der Waals surface area contributed by atoms with Crippen molar-refractivity contribution in [2.75, 3.05) is 18.0 Å². The van der Waals surface area contributed by atoms with Crippen LogP contribution >= 0.6 is 11.3 Å². The van der Waals surface area contributed by atoms with Crippen molar-refractivity contribution in [3.63, 3.8) is 0 Å². The molecule has 5 rings (SSSR count). The Balaban J connectivity index is 1.44. The molecule has 3 heterocycles. The van der Waals surface area contributed by atoms with Crippen LogP contribution in [-0.2, 0) is 16.6 Å². The van der Waals surface area contributed by atoms with Crippen molar-refractivity contribution in [3.05, 3.63) is 72.3 Å². The zero-order valence-electron chi connectivity index (χ0n) is 19.7. The van der Waals surface area contributed by atoms with Crippen molar-refractivity contribution in [1.29, 1.82) is 0 Å². The van der Waals surface area contributed by atoms with Gasteiger partial charge in [0.25, 0.3) is 5.91 Å². The molecular weight excluding hydrogens is 501 g/mol. The summed E-state index contributed by atoms with van der Waals surface area (Å²) in [5.41, 5.74) is 0.535. The van der Waals surface area contributed by atoms with E-state index < -0.39 is 15.8 Å². The molecule has 1 fully saturated rings. The third-order valence-corrected chi connectivity index (χ3v) is 9.47. The molecule has 1 unspecified atom stereocenters. The summed E-state index contributed by atoms with van der Waals surface area (Å²) in [6.45, 7) is 3.09. The van der Waals surface area contributed by atoms with Crippen molar-refractivity contribution in [2.24, 2.45) is 0 Å². The maximum atomic E-state index is 14.3. The van der Waals surface area contributed by atoms with Gasteiger partial charge < -0.3 is 0 Å². The smallest absolute Gasteiger partial charge is 0.260 e. The van der Waals surface area contributed by atoms with Crippen LogP contribution in [0.3, 0.4) is 0 Å². The first-order valence-corrected chi connectivity index (χ1v) is 14.1. The van der Waals surface area contributed by atoms with E-state index in [1.54, 1.807) is 39.6 Å². The molecule has 0 radical (unpaired) electrons. The minimum atomic E-state index is -3.64. The number of thiazole rings is 1. The molecule has 1 amide bonds. The molecule has 0 spiro atoms. The number of amides is 1. The number of carbonyl (C=O) groups excluding carboxylic acids is 1. The number of hydrogen-bond acceptors (Lipinski definition) is 6. The van der Waals surface area contributed by atoms with E-state index >= 15 is 0 Å². The van der Waals surface area contributed by atoms with Crippen LogP contribution in [-0.4, -0.2) is 52.5 Å². The third kappa shape index (κ3) is 4.78. The van der Waals surface area contributed by atoms with Crippen LogP contribution < -0.4 is 4.90 Å². The lowest BCUT2D eigenvalue weighted by molar-refractivity contribution is 0.0985. The van der Waals surface area contributed by atoms with Gasteiger partial charge in [-0.2, -0.15) is 9.40 Å². The summed E-state index contributed by atoms with van der Waals surface area (Å²) in [6, 6.07) is 12.5. The number of carbonyl (C=O) groups is 1. The van der Waals surface area contributed by atoms with Gasteiger partial charge in [0.15, 0.2) is 5.13 Å². The Morgan fingerprint density at radius 1 is 1.17 bits per heavy atom. The van der Waals surface area contributed by atoms with Crippen molar-refractivity contribution in [1.82, 2.24) is 19.1 Å². The van der Waals surface area contributed by atoms with Gasteiger partial charge in [-0.15, -0.1) is 0 Å². The van der Waals surface area contributed by atoms with Crippen LogP contribution in [0.5, 0.6) is 0 Å². The van der Waals surface area contributed by atoms with Crippen molar-refractivity contribution in [3.8, 4) is 0 Å². The number of aromatic nitrogens is 3. The molecule has 0 saturated carbocycles. The second kappa shape index (κ2) is 10.1. The second-order valence-corrected chi connectivity index (χ2v) is 11.7. The summed E-state index contributed by atoms with van der Waals surface area (Å²) >= 11 is 1.23. The topological polar surface area (TPSA) is 88.4 Å². The number of fused-ring (bicyclic) bond motifs is 1. The van der Waals surface area contributed by atoms with Gasteiger partial charge in [0.05, 0.1) is 16.1 Å². The van der Waals surface area contributed by atoms with Crippen LogP contribution in [0.2, 0.25) is 0 Å². The fourth-order valence-corrected chi connectivity index (χ4v) is 7.13. The van der Waals surface area contributed by atoms with Gasteiger partial charge in [-0.3, -0.25) is 14.4 Å². The maximum absolute atomic E-state index is 14.3. The first-order valence-electron chi connectivity index (χ1n) is 11.8. The summed E-state index contributed by atoms with van der Waals surface area (Å²) in [4.78, 5) is 19.6. The van der Waals surface area contributed by atoms with Crippen LogP contribution in [0.25, 0.3) is 10.2 Å². The molecule has 188 valence electrons. The first kappa shape index (κ1) is 24.5. The SMILES string of the molecule is CC1CCCCN1S(=O)(=O)c1ccc(C(=O)N(CCn2cccn2)c2nc3c(F)cccc3s2)cc1. The molecule has 0 bridgehead atoms. The Hall–Kier alpha value is -3.15. The Morgan fingerprint density at radius 3 is 2.67 bits per heavy atom. The minimum absolute atomic E-state index is 0.0534. The molecule has 8 nitrogen and oxygen atoms in total. The molecule has 4 aromatic rings. The highest BCUT2D eigenvalue weighted by atomic mass is 32.2. The summed E-state index contributed by atoms with van der Waals surface area (Å²) in [6.07, 6.45) is 6.14. The van der Waals surface area contributed by atoms with E-state index in [1.807, 2.05) is 6.92 Å². The summed E-state index contributed by atoms with van der Waals surface area (Å²) in [7, 11) is -3.64. The molecule has 1 atom stereocenters. The molecule has 1 saturated heterocycles. The van der Waals surface area contributed by atoms with E-state index in [0.29, 0.717) is 28.5 Å². The van der Waals surface area contributed by atoms with Gasteiger partial charge >= 0.3 is 0 Å². The number of hydrogen-bond donors (Lipinski definition) is 0. The average Bonchev–Trinajstić information content (AvgIpc) is 3.55. The fourth-order valence-electron chi connectivity index (χ4n) is 4.43. The van der Waals surface area contributed by atoms with Gasteiger partial charge in [0, 0.05) is 37.1 Å². The average molecular weight is 528 g/mol. The number of piperidine rings is 1. The van der Waals surface area contributed by atoms with Crippen molar-refractivity contribution in [2.45, 2.75) is 43.7 Å². The molecule has 1 aliphatic rings. The van der Waals surface area contributed by atoms with Gasteiger partial charge in [0.1, 0.15) is 11.3 Å². The highest BCUT2D eigenvalue weighted by Crippen LogP contribution is 2.31. The summed E-state index contributed by atoms with van der Waals surface area (Å²) < 4.78 is 44.5. The predicted molar refractivity (Wildman–Crippen MR) is 137 cm³/mol. The predicted octanol–water partition coefficient (Wildman–Crippen LogP) is 4.54. The lowest BCUT2D eigenvalue weighted by Gasteiger charge is -2.32. The number of para-hydroxylation sites is 1. The van der Waals surface area contributed by atoms with E-state index in [9.17, 15) is 17.6 Å². The van der Waals surface area contributed by atoms with Crippen LogP contribution in [0.4, 0.5) is 9.52 Å². The van der Waals surface area contributed by atoms with Gasteiger partial charge in [-0.1, -0.05) is 23.8 Å². The van der Waals surface area contributed by atoms with Crippen LogP contribution in [0.1, 0.15) is 36.5 Å². The second-order valence-electron chi connectivity index (χ2n) is 8.79. The number of anilines is 1. The van der Waals surface area contributed by atoms with E-state index in [4.69, 9.17) is 0 Å². The van der Waals surface area contributed by atoms with E-state index in [0.717, 1.165) is 19.3 Å². The van der Waals surface area contributed by atoms with Crippen LogP contribution in [0, 0.1) is 5.82 Å². The normalized spacial score (nSPS) is 16.9. The molecule has 11 heteroatoms. The van der Waals surface area contributed by atoms with E-state index in [2.05, 4.69) is 10.1 Å². The Kier molecular flexibility index (Phi) is 6.87. The minimum Gasteiger partial charge on any atom is -0.282 e. The van der Waals surface area contributed by atoms with Crippen molar-refractivity contribution < 1.29 is 17.6 Å². The van der Waals surface area contributed by atoms with Crippen molar-refractivity contribution >= 4 is 42.6 Å². The molecule has 1 aliphatic heterocycles. The van der Waals surface area contributed by atoms with E-state index in [-0.39, 0.29) is 28.9 Å². The highest BCUT2D eigenvalue weighted by Gasteiger charge is 2.31. The third-order valence-electron chi connectivity index (χ3n) is 6.40. The lowest BCUT2D eigenvalue weighted by Crippen LogP contribution is -2.41. The van der Waals surface area contributed by atoms with Gasteiger partial charge in [0.2, 0.25) is 10.0 Å². The maximum Gasteiger partial charge on any atom is 0.260 e. The molecule has 0 N–H and O–H groups in total. The zero-order valence-corrected chi connectivity index (χ0v) is 21.4. The fraction of sp³-hybridized carbons (Fsp3) is 0.320. The summed E-state index contributed by atoms with van der Waals surface area (Å²) in [5.74, 6) is -0.798. The molecule has 0 aliphatic carbocycles. The number of benzene rings is 2. The molecule has 2 aromatic carbocycles. The van der Waals surface area contributed by atoms with Gasteiger partial charge in [-0.25, -0.2) is 17.8 Å². The van der Waals surface area contributed by atoms with Gasteiger partial charge in [-0.05, 0) is 62.2 Å². The number of nitrogens with zero attached hydrogens (tertiary/aromatic N) is 5. The largest absolute Gasteiger partial charge is 0.282 e. The van der Waals surface area contributed by atoms with Crippen LogP contribution in [0.15, 0.2) is 65.8 Å². The standard InChI is InChI=1S/C25H26FN5O3S2/c1-18-6-2-3-15-31(18)36(33,34)20-11-9-19(10-12-20)24(32)30(17-16-29-14-5-13-27-29)25-28-23-21(26)7-4-8-22(23)35-25/h4-5,7-14,18H,2-3,6,15-17H2,1H3. The Labute approximate surface area is 213 Å². The molecule has 2 aromatic heterocycles. The monoisotopic (exact) mass is 527 g/mol. The Morgan fingerprint density at radius 2 is 1.97 bits per heavy atom. The molecule has 36 heavy (non-hydrogen) atoms. The zero-order chi connectivity index (χ0) is 25.3. The highest BCUT2D eigenvalue weighted by molar-refractivity contribution is 7.89. The molecular formula is C25H26FN5O3S2. The Bertz CT molecular complexity index is 1470. The number of rotatable bonds is 7. The summed E-state index contributed by atoms with van der Waals surface area (Å²) in [5, 5.41) is 4.56. The number of halogens is 1. The quantitative estimate of drug-likeness (QED) is 0.352. The van der Waals surface area contributed by atoms with E-state index in [1.165, 1.54) is 46.6 Å². The first-order chi connectivity index (χ1) is 17.3. The number of sulfonamides is 1. The lowest BCUT2D eigenvalue weighted by atomic mass is 10.1.